The summed E-state index contributed by atoms with van der Waals surface area (Å²) in [6.45, 7) is 10.3. The molecule has 0 bridgehead atoms. The van der Waals surface area contributed by atoms with Crippen molar-refractivity contribution in [2.45, 2.75) is 40.2 Å². The van der Waals surface area contributed by atoms with Crippen molar-refractivity contribution in [1.29, 1.82) is 0 Å². The number of hydrogen-bond acceptors (Lipinski definition) is 2. The van der Waals surface area contributed by atoms with Crippen LogP contribution in [0.1, 0.15) is 34.1 Å². The summed E-state index contributed by atoms with van der Waals surface area (Å²) in [7, 11) is 0. The van der Waals surface area contributed by atoms with Crippen LogP contribution in [0.2, 0.25) is 0 Å². The maximum absolute atomic E-state index is 11.8. The van der Waals surface area contributed by atoms with E-state index in [1.165, 1.54) is 0 Å². The van der Waals surface area contributed by atoms with Crippen molar-refractivity contribution in [2.24, 2.45) is 11.7 Å². The Hall–Kier alpha value is -0.770. The van der Waals surface area contributed by atoms with Gasteiger partial charge in [0, 0.05) is 19.1 Å². The zero-order valence-corrected chi connectivity index (χ0v) is 10.4. The third kappa shape index (κ3) is 7.19. The summed E-state index contributed by atoms with van der Waals surface area (Å²) in [6.07, 6.45) is 0.859. The molecule has 0 spiro atoms. The zero-order chi connectivity index (χ0) is 11.8. The summed E-state index contributed by atoms with van der Waals surface area (Å²) in [6, 6.07) is 0.206. The van der Waals surface area contributed by atoms with E-state index < -0.39 is 0 Å². The molecule has 0 aromatic carbocycles. The summed E-state index contributed by atoms with van der Waals surface area (Å²) in [5.74, 6) is 0.487. The number of nitrogens with zero attached hydrogens (tertiary/aromatic N) is 1. The second-order valence-corrected chi connectivity index (χ2v) is 4.59. The first kappa shape index (κ1) is 14.2. The summed E-state index contributed by atoms with van der Waals surface area (Å²) in [5.41, 5.74) is 5.45. The summed E-state index contributed by atoms with van der Waals surface area (Å²) >= 11 is 0. The molecule has 0 rings (SSSR count). The molecule has 4 heteroatoms. The molecule has 0 fully saturated rings. The van der Waals surface area contributed by atoms with Crippen LogP contribution in [-0.4, -0.2) is 36.6 Å². The molecule has 0 radical (unpaired) electrons. The van der Waals surface area contributed by atoms with Crippen molar-refractivity contribution < 1.29 is 4.79 Å². The van der Waals surface area contributed by atoms with Crippen LogP contribution in [0.5, 0.6) is 0 Å². The Kier molecular flexibility index (Phi) is 7.13. The van der Waals surface area contributed by atoms with Gasteiger partial charge in [0.1, 0.15) is 0 Å². The predicted octanol–water partition coefficient (Wildman–Crippen LogP) is 1.41. The Morgan fingerprint density at radius 1 is 1.33 bits per heavy atom. The summed E-state index contributed by atoms with van der Waals surface area (Å²) in [4.78, 5) is 13.6. The van der Waals surface area contributed by atoms with Gasteiger partial charge in [0.25, 0.3) is 0 Å². The van der Waals surface area contributed by atoms with Crippen LogP contribution >= 0.6 is 0 Å². The monoisotopic (exact) mass is 215 g/mol. The molecule has 0 aliphatic rings. The van der Waals surface area contributed by atoms with Crippen molar-refractivity contribution >= 4 is 6.03 Å². The molecule has 0 aliphatic heterocycles. The fourth-order valence-corrected chi connectivity index (χ4v) is 1.34. The molecule has 15 heavy (non-hydrogen) atoms. The lowest BCUT2D eigenvalue weighted by atomic mass is 10.2. The van der Waals surface area contributed by atoms with E-state index in [0.717, 1.165) is 19.5 Å². The quantitative estimate of drug-likeness (QED) is 0.704. The lowest BCUT2D eigenvalue weighted by Gasteiger charge is -2.25. The fourth-order valence-electron chi connectivity index (χ4n) is 1.34. The number of nitrogens with one attached hydrogen (secondary N) is 1. The predicted molar refractivity (Wildman–Crippen MR) is 63.8 cm³/mol. The van der Waals surface area contributed by atoms with Crippen molar-refractivity contribution in [3.05, 3.63) is 0 Å². The first-order valence-corrected chi connectivity index (χ1v) is 5.72. The minimum Gasteiger partial charge on any atom is -0.336 e. The highest BCUT2D eigenvalue weighted by atomic mass is 16.2. The highest BCUT2D eigenvalue weighted by Gasteiger charge is 2.14. The molecule has 0 aromatic heterocycles. The molecule has 3 N–H and O–H groups in total. The molecule has 0 heterocycles. The van der Waals surface area contributed by atoms with Gasteiger partial charge in [0.15, 0.2) is 0 Å². The zero-order valence-electron chi connectivity index (χ0n) is 10.4. The topological polar surface area (TPSA) is 58.4 Å². The maximum atomic E-state index is 11.8. The Bertz CT molecular complexity index is 181. The van der Waals surface area contributed by atoms with E-state index in [4.69, 9.17) is 5.73 Å². The molecule has 2 amide bonds. The minimum atomic E-state index is 0.0205. The SMILES string of the molecule is CC(C)CN(CCCN)C(=O)NC(C)C. The standard InChI is InChI=1S/C11H25N3O/c1-9(2)8-14(7-5-6-12)11(15)13-10(3)4/h9-10H,5-8,12H2,1-4H3,(H,13,15). The van der Waals surface area contributed by atoms with Gasteiger partial charge in [0.05, 0.1) is 0 Å². The first-order chi connectivity index (χ1) is 6.97. The number of urea groups is 1. The average molecular weight is 215 g/mol. The molecule has 0 saturated carbocycles. The van der Waals surface area contributed by atoms with E-state index in [0.29, 0.717) is 12.5 Å². The van der Waals surface area contributed by atoms with Gasteiger partial charge >= 0.3 is 6.03 Å². The van der Waals surface area contributed by atoms with Crippen LogP contribution in [0.3, 0.4) is 0 Å². The highest BCUT2D eigenvalue weighted by molar-refractivity contribution is 5.74. The fraction of sp³-hybridized carbons (Fsp3) is 0.909. The number of rotatable bonds is 6. The molecule has 4 nitrogen and oxygen atoms in total. The first-order valence-electron chi connectivity index (χ1n) is 5.72. The van der Waals surface area contributed by atoms with Gasteiger partial charge in [-0.15, -0.1) is 0 Å². The number of nitrogens with two attached hydrogens (primary N) is 1. The molecule has 0 aliphatic carbocycles. The van der Waals surface area contributed by atoms with Gasteiger partial charge < -0.3 is 16.0 Å². The molecular weight excluding hydrogens is 190 g/mol. The van der Waals surface area contributed by atoms with E-state index in [9.17, 15) is 4.79 Å². The van der Waals surface area contributed by atoms with Crippen molar-refractivity contribution in [2.75, 3.05) is 19.6 Å². The Balaban J connectivity index is 4.14. The Morgan fingerprint density at radius 2 is 1.93 bits per heavy atom. The molecule has 0 saturated heterocycles. The van der Waals surface area contributed by atoms with Gasteiger partial charge in [-0.05, 0) is 32.7 Å². The van der Waals surface area contributed by atoms with Gasteiger partial charge in [0.2, 0.25) is 0 Å². The minimum absolute atomic E-state index is 0.0205. The van der Waals surface area contributed by atoms with Gasteiger partial charge in [-0.1, -0.05) is 13.8 Å². The van der Waals surface area contributed by atoms with Crippen molar-refractivity contribution in [1.82, 2.24) is 10.2 Å². The highest BCUT2D eigenvalue weighted by Crippen LogP contribution is 2.00. The average Bonchev–Trinajstić information content (AvgIpc) is 2.10. The normalized spacial score (nSPS) is 10.9. The maximum Gasteiger partial charge on any atom is 0.317 e. The molecule has 90 valence electrons. The van der Waals surface area contributed by atoms with E-state index in [1.54, 1.807) is 0 Å². The van der Waals surface area contributed by atoms with Crippen LogP contribution in [0.4, 0.5) is 4.79 Å². The van der Waals surface area contributed by atoms with E-state index in [2.05, 4.69) is 19.2 Å². The summed E-state index contributed by atoms with van der Waals surface area (Å²) in [5, 5.41) is 2.90. The molecule has 0 atom stereocenters. The van der Waals surface area contributed by atoms with Crippen LogP contribution in [0.25, 0.3) is 0 Å². The Labute approximate surface area is 93.2 Å². The third-order valence-corrected chi connectivity index (χ3v) is 1.92. The smallest absolute Gasteiger partial charge is 0.317 e. The number of hydrogen-bond donors (Lipinski definition) is 2. The van der Waals surface area contributed by atoms with Crippen LogP contribution in [0.15, 0.2) is 0 Å². The largest absolute Gasteiger partial charge is 0.336 e. The van der Waals surface area contributed by atoms with Crippen molar-refractivity contribution in [3.8, 4) is 0 Å². The van der Waals surface area contributed by atoms with E-state index in [-0.39, 0.29) is 12.1 Å². The number of amides is 2. The van der Waals surface area contributed by atoms with Gasteiger partial charge in [-0.3, -0.25) is 0 Å². The third-order valence-electron chi connectivity index (χ3n) is 1.92. The summed E-state index contributed by atoms with van der Waals surface area (Å²) < 4.78 is 0. The lowest BCUT2D eigenvalue weighted by molar-refractivity contribution is 0.188. The van der Waals surface area contributed by atoms with Gasteiger partial charge in [-0.2, -0.15) is 0 Å². The van der Waals surface area contributed by atoms with Crippen LogP contribution in [-0.2, 0) is 0 Å². The molecule has 0 unspecified atom stereocenters. The van der Waals surface area contributed by atoms with Gasteiger partial charge in [-0.25, -0.2) is 4.79 Å². The van der Waals surface area contributed by atoms with Crippen LogP contribution < -0.4 is 11.1 Å². The molecular formula is C11H25N3O. The van der Waals surface area contributed by atoms with Crippen LogP contribution in [0, 0.1) is 5.92 Å². The lowest BCUT2D eigenvalue weighted by Crippen LogP contribution is -2.45. The number of carbonyl (C=O) groups excluding carboxylic acids is 1. The van der Waals surface area contributed by atoms with E-state index in [1.807, 2.05) is 18.7 Å². The second kappa shape index (κ2) is 7.51. The van der Waals surface area contributed by atoms with E-state index >= 15 is 0 Å². The molecule has 0 aromatic rings. The number of carbonyl (C=O) groups is 1. The second-order valence-electron chi connectivity index (χ2n) is 4.59. The van der Waals surface area contributed by atoms with Crippen molar-refractivity contribution in [3.63, 3.8) is 0 Å². The Morgan fingerprint density at radius 3 is 2.33 bits per heavy atom.